The molecule has 1 unspecified atom stereocenters. The van der Waals surface area contributed by atoms with Crippen LogP contribution in [-0.4, -0.2) is 37.1 Å². The molecule has 1 aliphatic rings. The molecule has 1 N–H and O–H groups in total. The van der Waals surface area contributed by atoms with Crippen molar-refractivity contribution in [2.45, 2.75) is 57.0 Å². The summed E-state index contributed by atoms with van der Waals surface area (Å²) in [5, 5.41) is 3.79. The van der Waals surface area contributed by atoms with Crippen LogP contribution in [-0.2, 0) is 6.42 Å². The van der Waals surface area contributed by atoms with E-state index in [0.717, 1.165) is 13.0 Å². The van der Waals surface area contributed by atoms with Crippen molar-refractivity contribution in [3.8, 4) is 0 Å². The zero-order valence-electron chi connectivity index (χ0n) is 13.7. The maximum absolute atomic E-state index is 3.79. The van der Waals surface area contributed by atoms with Crippen molar-refractivity contribution < 1.29 is 0 Å². The number of halogens is 1. The zero-order chi connectivity index (χ0) is 15.3. The van der Waals surface area contributed by atoms with Gasteiger partial charge in [-0.2, -0.15) is 0 Å². The van der Waals surface area contributed by atoms with Crippen LogP contribution in [0.5, 0.6) is 0 Å². The fourth-order valence-corrected chi connectivity index (χ4v) is 4.30. The lowest BCUT2D eigenvalue weighted by Crippen LogP contribution is -2.60. The van der Waals surface area contributed by atoms with Crippen LogP contribution in [0.1, 0.15) is 44.6 Å². The molecule has 0 aromatic heterocycles. The van der Waals surface area contributed by atoms with Crippen LogP contribution >= 0.6 is 15.9 Å². The van der Waals surface area contributed by atoms with E-state index < -0.39 is 0 Å². The van der Waals surface area contributed by atoms with Crippen LogP contribution in [0.3, 0.4) is 0 Å². The van der Waals surface area contributed by atoms with Gasteiger partial charge in [0.2, 0.25) is 0 Å². The summed E-state index contributed by atoms with van der Waals surface area (Å²) in [7, 11) is 4.52. The second-order valence-electron chi connectivity index (χ2n) is 6.46. The van der Waals surface area contributed by atoms with Gasteiger partial charge < -0.3 is 10.2 Å². The van der Waals surface area contributed by atoms with Crippen molar-refractivity contribution in [3.63, 3.8) is 0 Å². The predicted octanol–water partition coefficient (Wildman–Crippen LogP) is 4.23. The largest absolute Gasteiger partial charge is 0.312 e. The smallest absolute Gasteiger partial charge is 0.0359 e. The first-order valence-corrected chi connectivity index (χ1v) is 9.03. The predicted molar refractivity (Wildman–Crippen MR) is 94.8 cm³/mol. The first kappa shape index (κ1) is 17.0. The summed E-state index contributed by atoms with van der Waals surface area (Å²) >= 11 is 3.71. The number of rotatable bonds is 6. The molecule has 0 amide bonds. The van der Waals surface area contributed by atoms with E-state index in [1.807, 2.05) is 0 Å². The van der Waals surface area contributed by atoms with E-state index in [-0.39, 0.29) is 0 Å². The molecule has 118 valence electrons. The van der Waals surface area contributed by atoms with E-state index in [0.29, 0.717) is 11.6 Å². The van der Waals surface area contributed by atoms with Crippen LogP contribution in [0, 0.1) is 0 Å². The van der Waals surface area contributed by atoms with E-state index in [1.165, 1.54) is 42.1 Å². The minimum absolute atomic E-state index is 0.295. The fraction of sp³-hybridized carbons (Fsp3) is 0.667. The van der Waals surface area contributed by atoms with Gasteiger partial charge in [0.1, 0.15) is 0 Å². The third-order valence-electron chi connectivity index (χ3n) is 5.09. The molecule has 1 atom stereocenters. The van der Waals surface area contributed by atoms with Gasteiger partial charge in [-0.15, -0.1) is 0 Å². The minimum atomic E-state index is 0.295. The lowest BCUT2D eigenvalue weighted by atomic mass is 9.73. The van der Waals surface area contributed by atoms with Crippen LogP contribution in [0.25, 0.3) is 0 Å². The van der Waals surface area contributed by atoms with Gasteiger partial charge in [0.05, 0.1) is 0 Å². The Morgan fingerprint density at radius 2 is 1.86 bits per heavy atom. The minimum Gasteiger partial charge on any atom is -0.312 e. The van der Waals surface area contributed by atoms with Gasteiger partial charge in [0, 0.05) is 16.1 Å². The Labute approximate surface area is 138 Å². The first-order chi connectivity index (χ1) is 10.1. The highest BCUT2D eigenvalue weighted by atomic mass is 79.9. The summed E-state index contributed by atoms with van der Waals surface area (Å²) < 4.78 is 1.23. The van der Waals surface area contributed by atoms with E-state index >= 15 is 0 Å². The monoisotopic (exact) mass is 352 g/mol. The second-order valence-corrected chi connectivity index (χ2v) is 7.32. The van der Waals surface area contributed by atoms with E-state index in [4.69, 9.17) is 0 Å². The van der Waals surface area contributed by atoms with Gasteiger partial charge in [0.25, 0.3) is 0 Å². The fourth-order valence-electron chi connectivity index (χ4n) is 3.85. The van der Waals surface area contributed by atoms with Gasteiger partial charge in [-0.25, -0.2) is 0 Å². The maximum Gasteiger partial charge on any atom is 0.0359 e. The molecule has 0 bridgehead atoms. The Balaban J connectivity index is 2.25. The highest BCUT2D eigenvalue weighted by Gasteiger charge is 2.41. The van der Waals surface area contributed by atoms with Crippen LogP contribution in [0.15, 0.2) is 28.7 Å². The van der Waals surface area contributed by atoms with Crippen molar-refractivity contribution in [2.24, 2.45) is 0 Å². The number of likely N-dealkylation sites (N-methyl/N-ethyl adjacent to an activating group) is 2. The molecular weight excluding hydrogens is 324 g/mol. The quantitative estimate of drug-likeness (QED) is 0.823. The Bertz CT molecular complexity index is 439. The molecule has 0 heterocycles. The molecule has 1 aromatic carbocycles. The molecule has 0 radical (unpaired) electrons. The summed E-state index contributed by atoms with van der Waals surface area (Å²) in [6, 6.07) is 9.16. The molecule has 0 aliphatic heterocycles. The average Bonchev–Trinajstić information content (AvgIpc) is 2.49. The topological polar surface area (TPSA) is 15.3 Å². The van der Waals surface area contributed by atoms with E-state index in [2.05, 4.69) is 71.4 Å². The van der Waals surface area contributed by atoms with Gasteiger partial charge >= 0.3 is 0 Å². The Hall–Kier alpha value is -0.380. The van der Waals surface area contributed by atoms with Crippen molar-refractivity contribution in [2.75, 3.05) is 20.6 Å². The zero-order valence-corrected chi connectivity index (χ0v) is 15.2. The van der Waals surface area contributed by atoms with Gasteiger partial charge in [-0.05, 0) is 51.5 Å². The highest BCUT2D eigenvalue weighted by Crippen LogP contribution is 2.37. The Morgan fingerprint density at radius 3 is 2.43 bits per heavy atom. The summed E-state index contributed by atoms with van der Waals surface area (Å²) in [4.78, 5) is 2.48. The number of hydrogen-bond acceptors (Lipinski definition) is 2. The molecule has 1 saturated carbocycles. The molecule has 21 heavy (non-hydrogen) atoms. The SMILES string of the molecule is CCNC(Cc1ccccc1Br)C1(N(C)C)CCCCC1. The van der Waals surface area contributed by atoms with Crippen molar-refractivity contribution >= 4 is 15.9 Å². The van der Waals surface area contributed by atoms with Crippen molar-refractivity contribution in [3.05, 3.63) is 34.3 Å². The average molecular weight is 353 g/mol. The Kier molecular flexibility index (Phi) is 6.27. The molecule has 1 aromatic rings. The summed E-state index contributed by atoms with van der Waals surface area (Å²) in [5.74, 6) is 0. The van der Waals surface area contributed by atoms with E-state index in [1.54, 1.807) is 0 Å². The normalized spacial score (nSPS) is 19.7. The van der Waals surface area contributed by atoms with Crippen molar-refractivity contribution in [1.82, 2.24) is 10.2 Å². The Morgan fingerprint density at radius 1 is 1.19 bits per heavy atom. The summed E-state index contributed by atoms with van der Waals surface area (Å²) in [5.41, 5.74) is 1.71. The lowest BCUT2D eigenvalue weighted by molar-refractivity contribution is 0.0574. The van der Waals surface area contributed by atoms with Gasteiger partial charge in [-0.3, -0.25) is 0 Å². The molecule has 1 fully saturated rings. The second kappa shape index (κ2) is 7.75. The molecule has 3 heteroatoms. The molecule has 2 rings (SSSR count). The number of hydrogen-bond donors (Lipinski definition) is 1. The van der Waals surface area contributed by atoms with Crippen LogP contribution in [0.2, 0.25) is 0 Å². The van der Waals surface area contributed by atoms with Gasteiger partial charge in [-0.1, -0.05) is 60.3 Å². The third-order valence-corrected chi connectivity index (χ3v) is 5.86. The number of benzene rings is 1. The molecule has 0 saturated heterocycles. The highest BCUT2D eigenvalue weighted by molar-refractivity contribution is 9.10. The van der Waals surface area contributed by atoms with E-state index in [9.17, 15) is 0 Å². The molecule has 1 aliphatic carbocycles. The standard InChI is InChI=1S/C18H29BrN2/c1-4-20-17(14-15-10-6-7-11-16(15)19)18(21(2)3)12-8-5-9-13-18/h6-7,10-11,17,20H,4-5,8-9,12-14H2,1-3H3. The van der Waals surface area contributed by atoms with Crippen LogP contribution in [0.4, 0.5) is 0 Å². The summed E-state index contributed by atoms with van der Waals surface area (Å²) in [6.45, 7) is 3.25. The number of nitrogens with one attached hydrogen (secondary N) is 1. The first-order valence-electron chi connectivity index (χ1n) is 8.24. The lowest BCUT2D eigenvalue weighted by Gasteiger charge is -2.49. The van der Waals surface area contributed by atoms with Crippen molar-refractivity contribution in [1.29, 1.82) is 0 Å². The molecule has 2 nitrogen and oxygen atoms in total. The maximum atomic E-state index is 3.79. The van der Waals surface area contributed by atoms with Gasteiger partial charge in [0.15, 0.2) is 0 Å². The molecule has 0 spiro atoms. The number of nitrogens with zero attached hydrogens (tertiary/aromatic N) is 1. The van der Waals surface area contributed by atoms with Crippen LogP contribution < -0.4 is 5.32 Å². The summed E-state index contributed by atoms with van der Waals surface area (Å²) in [6.07, 6.45) is 7.81. The molecular formula is C18H29BrN2. The third kappa shape index (κ3) is 3.88.